The zero-order valence-electron chi connectivity index (χ0n) is 16.6. The van der Waals surface area contributed by atoms with E-state index in [9.17, 15) is 4.79 Å². The lowest BCUT2D eigenvalue weighted by Gasteiger charge is -2.20. The summed E-state index contributed by atoms with van der Waals surface area (Å²) in [7, 11) is 0. The topological polar surface area (TPSA) is 115 Å². The fourth-order valence-electron chi connectivity index (χ4n) is 4.21. The summed E-state index contributed by atoms with van der Waals surface area (Å²) in [4.78, 5) is 21.3. The monoisotopic (exact) mass is 402 g/mol. The summed E-state index contributed by atoms with van der Waals surface area (Å²) in [6.07, 6.45) is 4.06. The number of carbonyl (C=O) groups is 1. The normalized spacial score (nSPS) is 14.9. The van der Waals surface area contributed by atoms with Gasteiger partial charge in [0.2, 0.25) is 5.95 Å². The molecule has 1 aliphatic heterocycles. The zero-order valence-corrected chi connectivity index (χ0v) is 16.6. The van der Waals surface area contributed by atoms with E-state index in [1.165, 1.54) is 0 Å². The first-order valence-corrected chi connectivity index (χ1v) is 10.3. The predicted octanol–water partition coefficient (Wildman–Crippen LogP) is 1.80. The molecule has 4 aromatic rings. The Morgan fingerprint density at radius 1 is 1.17 bits per heavy atom. The number of rotatable bonds is 5. The number of nitrogens with one attached hydrogen (secondary N) is 1. The zero-order chi connectivity index (χ0) is 20.5. The van der Waals surface area contributed by atoms with Gasteiger partial charge in [-0.25, -0.2) is 9.97 Å². The minimum Gasteiger partial charge on any atom is -0.364 e. The van der Waals surface area contributed by atoms with Crippen LogP contribution in [0.3, 0.4) is 0 Å². The Labute approximate surface area is 173 Å². The third-order valence-corrected chi connectivity index (χ3v) is 5.71. The summed E-state index contributed by atoms with van der Waals surface area (Å²) >= 11 is 0. The molecular formula is C22H24N7O+. The predicted molar refractivity (Wildman–Crippen MR) is 115 cm³/mol. The molecule has 0 spiro atoms. The van der Waals surface area contributed by atoms with Crippen LogP contribution in [0.4, 0.5) is 11.6 Å². The SMILES string of the molecule is NC(=O)c1nn(CC2CC[NH2+]CC2)c2c1ccc1cnc(Nc3ccccc3)nc12. The van der Waals surface area contributed by atoms with Crippen molar-refractivity contribution in [2.24, 2.45) is 11.7 Å². The highest BCUT2D eigenvalue weighted by Crippen LogP contribution is 2.29. The van der Waals surface area contributed by atoms with Gasteiger partial charge in [-0.3, -0.25) is 9.48 Å². The molecule has 0 aliphatic carbocycles. The number of hydrogen-bond donors (Lipinski definition) is 3. The molecule has 2 aromatic carbocycles. The van der Waals surface area contributed by atoms with Crippen molar-refractivity contribution in [2.75, 3.05) is 18.4 Å². The maximum absolute atomic E-state index is 12.1. The van der Waals surface area contributed by atoms with E-state index in [0.717, 1.165) is 60.0 Å². The van der Waals surface area contributed by atoms with Gasteiger partial charge >= 0.3 is 0 Å². The number of anilines is 2. The quantitative estimate of drug-likeness (QED) is 0.471. The third kappa shape index (κ3) is 3.46. The second kappa shape index (κ2) is 7.72. The average Bonchev–Trinajstić information content (AvgIpc) is 3.14. The first kappa shape index (κ1) is 18.5. The number of nitrogens with zero attached hydrogens (tertiary/aromatic N) is 4. The minimum atomic E-state index is -0.522. The molecule has 30 heavy (non-hydrogen) atoms. The molecular weight excluding hydrogens is 378 g/mol. The number of quaternary nitrogens is 1. The average molecular weight is 402 g/mol. The number of carbonyl (C=O) groups excluding carboxylic acids is 1. The summed E-state index contributed by atoms with van der Waals surface area (Å²) in [6, 6.07) is 13.6. The number of hydrogen-bond acceptors (Lipinski definition) is 5. The molecule has 152 valence electrons. The van der Waals surface area contributed by atoms with Crippen LogP contribution in [0.5, 0.6) is 0 Å². The number of para-hydroxylation sites is 1. The van der Waals surface area contributed by atoms with Crippen LogP contribution in [0.2, 0.25) is 0 Å². The molecule has 0 saturated carbocycles. The first-order chi connectivity index (χ1) is 14.7. The van der Waals surface area contributed by atoms with E-state index in [4.69, 9.17) is 10.7 Å². The molecule has 5 N–H and O–H groups in total. The Balaban J connectivity index is 1.63. The van der Waals surface area contributed by atoms with Crippen molar-refractivity contribution in [3.8, 4) is 0 Å². The highest BCUT2D eigenvalue weighted by molar-refractivity contribution is 6.11. The molecule has 0 unspecified atom stereocenters. The van der Waals surface area contributed by atoms with Gasteiger partial charge in [0, 0.05) is 42.0 Å². The highest BCUT2D eigenvalue weighted by Gasteiger charge is 2.22. The number of piperidine rings is 1. The van der Waals surface area contributed by atoms with Gasteiger partial charge in [0.05, 0.1) is 18.6 Å². The molecule has 0 radical (unpaired) electrons. The molecule has 5 rings (SSSR count). The van der Waals surface area contributed by atoms with E-state index in [0.29, 0.717) is 17.6 Å². The van der Waals surface area contributed by atoms with Gasteiger partial charge in [-0.15, -0.1) is 0 Å². The standard InChI is InChI=1S/C22H23N7O/c23-21(30)19-17-7-6-15-12-25-22(26-16-4-2-1-3-5-16)27-18(15)20(17)29(28-19)13-14-8-10-24-11-9-14/h1-7,12,14,24H,8-11,13H2,(H2,23,30)(H,25,26,27)/p+1. The van der Waals surface area contributed by atoms with Crippen molar-refractivity contribution in [1.82, 2.24) is 19.7 Å². The smallest absolute Gasteiger partial charge is 0.269 e. The molecule has 3 heterocycles. The lowest BCUT2D eigenvalue weighted by atomic mass is 9.98. The second-order valence-corrected chi connectivity index (χ2v) is 7.79. The maximum Gasteiger partial charge on any atom is 0.269 e. The van der Waals surface area contributed by atoms with Gasteiger partial charge in [-0.05, 0) is 24.1 Å². The fourth-order valence-corrected chi connectivity index (χ4v) is 4.21. The van der Waals surface area contributed by atoms with E-state index < -0.39 is 5.91 Å². The second-order valence-electron chi connectivity index (χ2n) is 7.79. The van der Waals surface area contributed by atoms with E-state index in [-0.39, 0.29) is 0 Å². The molecule has 1 amide bonds. The Hall–Kier alpha value is -3.52. The largest absolute Gasteiger partial charge is 0.364 e. The van der Waals surface area contributed by atoms with Crippen LogP contribution >= 0.6 is 0 Å². The van der Waals surface area contributed by atoms with Crippen LogP contribution in [0.15, 0.2) is 48.7 Å². The van der Waals surface area contributed by atoms with Gasteiger partial charge in [-0.2, -0.15) is 5.10 Å². The van der Waals surface area contributed by atoms with Crippen molar-refractivity contribution in [2.45, 2.75) is 19.4 Å². The number of amides is 1. The lowest BCUT2D eigenvalue weighted by Crippen LogP contribution is -2.86. The molecule has 8 heteroatoms. The van der Waals surface area contributed by atoms with Crippen molar-refractivity contribution < 1.29 is 10.1 Å². The van der Waals surface area contributed by atoms with Gasteiger partial charge in [-0.1, -0.05) is 24.3 Å². The van der Waals surface area contributed by atoms with Gasteiger partial charge in [0.1, 0.15) is 5.52 Å². The van der Waals surface area contributed by atoms with E-state index in [2.05, 4.69) is 20.7 Å². The van der Waals surface area contributed by atoms with Crippen LogP contribution in [0.1, 0.15) is 23.3 Å². The highest BCUT2D eigenvalue weighted by atomic mass is 16.1. The maximum atomic E-state index is 12.1. The summed E-state index contributed by atoms with van der Waals surface area (Å²) in [5.74, 6) is 0.506. The number of fused-ring (bicyclic) bond motifs is 3. The molecule has 2 aromatic heterocycles. The van der Waals surface area contributed by atoms with Gasteiger partial charge in [0.15, 0.2) is 5.69 Å². The van der Waals surface area contributed by atoms with Crippen molar-refractivity contribution in [3.63, 3.8) is 0 Å². The first-order valence-electron chi connectivity index (χ1n) is 10.3. The van der Waals surface area contributed by atoms with Crippen molar-refractivity contribution in [1.29, 1.82) is 0 Å². The number of aromatic nitrogens is 4. The Morgan fingerprint density at radius 2 is 1.97 bits per heavy atom. The third-order valence-electron chi connectivity index (χ3n) is 5.71. The summed E-state index contributed by atoms with van der Waals surface area (Å²) < 4.78 is 1.92. The van der Waals surface area contributed by atoms with E-state index in [1.807, 2.05) is 47.1 Å². The molecule has 1 saturated heterocycles. The van der Waals surface area contributed by atoms with Crippen LogP contribution in [0, 0.1) is 5.92 Å². The van der Waals surface area contributed by atoms with Crippen LogP contribution < -0.4 is 16.4 Å². The van der Waals surface area contributed by atoms with Crippen molar-refractivity contribution in [3.05, 3.63) is 54.4 Å². The Kier molecular flexibility index (Phi) is 4.76. The van der Waals surface area contributed by atoms with E-state index >= 15 is 0 Å². The minimum absolute atomic E-state index is 0.297. The number of benzene rings is 2. The Bertz CT molecular complexity index is 1210. The lowest BCUT2D eigenvalue weighted by molar-refractivity contribution is -0.665. The molecule has 1 aliphatic rings. The van der Waals surface area contributed by atoms with Crippen LogP contribution in [0.25, 0.3) is 21.8 Å². The number of nitrogens with two attached hydrogens (primary N) is 2. The number of primary amides is 1. The van der Waals surface area contributed by atoms with Crippen LogP contribution in [-0.2, 0) is 6.54 Å². The Morgan fingerprint density at radius 3 is 2.73 bits per heavy atom. The van der Waals surface area contributed by atoms with Gasteiger partial charge < -0.3 is 16.4 Å². The molecule has 0 bridgehead atoms. The summed E-state index contributed by atoms with van der Waals surface area (Å²) in [5, 5.41) is 11.8. The summed E-state index contributed by atoms with van der Waals surface area (Å²) in [6.45, 7) is 3.00. The van der Waals surface area contributed by atoms with Crippen LogP contribution in [-0.4, -0.2) is 38.7 Å². The molecule has 8 nitrogen and oxygen atoms in total. The molecule has 1 fully saturated rings. The molecule has 0 atom stereocenters. The van der Waals surface area contributed by atoms with Crippen molar-refractivity contribution >= 4 is 39.3 Å². The fraction of sp³-hybridized carbons (Fsp3) is 0.273. The summed E-state index contributed by atoms with van der Waals surface area (Å²) in [5.41, 5.74) is 8.45. The van der Waals surface area contributed by atoms with Gasteiger partial charge in [0.25, 0.3) is 5.91 Å². The van der Waals surface area contributed by atoms with E-state index in [1.54, 1.807) is 6.20 Å².